The average molecular weight is 483 g/mol. The van der Waals surface area contributed by atoms with E-state index in [2.05, 4.69) is 5.32 Å². The van der Waals surface area contributed by atoms with E-state index < -0.39 is 6.04 Å². The van der Waals surface area contributed by atoms with Gasteiger partial charge in [-0.15, -0.1) is 0 Å². The van der Waals surface area contributed by atoms with E-state index in [-0.39, 0.29) is 24.8 Å². The Kier molecular flexibility index (Phi) is 8.93. The maximum absolute atomic E-state index is 13.7. The van der Waals surface area contributed by atoms with Crippen molar-refractivity contribution >= 4 is 35.0 Å². The fourth-order valence-corrected chi connectivity index (χ4v) is 4.22. The van der Waals surface area contributed by atoms with Crippen molar-refractivity contribution in [1.29, 1.82) is 0 Å². The number of carbonyl (C=O) groups is 2. The highest BCUT2D eigenvalue weighted by molar-refractivity contribution is 6.35. The molecule has 0 aliphatic rings. The first-order chi connectivity index (χ1) is 15.9. The standard InChI is InChI=1S/C27H28Cl2N2O2/c1-3-30-27(33)25(15-20-10-5-4-6-11-20)31(18-22-13-14-23(28)17-24(22)29)26(32)16-21-12-8-7-9-19(21)2/h4-14,17,25H,3,15-16,18H2,1-2H3,(H,30,33)/t25-/m1/s1. The molecule has 172 valence electrons. The van der Waals surface area contributed by atoms with Crippen LogP contribution in [0.5, 0.6) is 0 Å². The van der Waals surface area contributed by atoms with E-state index in [0.717, 1.165) is 22.3 Å². The third-order valence-corrected chi connectivity index (χ3v) is 6.17. The van der Waals surface area contributed by atoms with Crippen molar-refractivity contribution < 1.29 is 9.59 Å². The molecule has 0 spiro atoms. The summed E-state index contributed by atoms with van der Waals surface area (Å²) in [5.41, 5.74) is 3.68. The summed E-state index contributed by atoms with van der Waals surface area (Å²) in [7, 11) is 0. The molecule has 0 fully saturated rings. The monoisotopic (exact) mass is 482 g/mol. The Morgan fingerprint density at radius 2 is 1.64 bits per heavy atom. The molecule has 1 N–H and O–H groups in total. The van der Waals surface area contributed by atoms with Gasteiger partial charge in [-0.05, 0) is 48.2 Å². The molecule has 0 heterocycles. The maximum Gasteiger partial charge on any atom is 0.243 e. The van der Waals surface area contributed by atoms with Crippen molar-refractivity contribution in [2.45, 2.75) is 39.3 Å². The molecule has 4 nitrogen and oxygen atoms in total. The van der Waals surface area contributed by atoms with E-state index in [9.17, 15) is 9.59 Å². The van der Waals surface area contributed by atoms with Gasteiger partial charge in [0.1, 0.15) is 6.04 Å². The first kappa shape index (κ1) is 24.8. The van der Waals surface area contributed by atoms with Gasteiger partial charge in [-0.25, -0.2) is 0 Å². The Morgan fingerprint density at radius 1 is 0.939 bits per heavy atom. The van der Waals surface area contributed by atoms with Crippen molar-refractivity contribution in [1.82, 2.24) is 10.2 Å². The second-order valence-corrected chi connectivity index (χ2v) is 8.80. The highest BCUT2D eigenvalue weighted by atomic mass is 35.5. The van der Waals surface area contributed by atoms with E-state index in [0.29, 0.717) is 23.0 Å². The second-order valence-electron chi connectivity index (χ2n) is 7.96. The lowest BCUT2D eigenvalue weighted by Gasteiger charge is -2.32. The normalized spacial score (nSPS) is 11.6. The number of rotatable bonds is 9. The van der Waals surface area contributed by atoms with Crippen LogP contribution in [0.2, 0.25) is 10.0 Å². The zero-order valence-electron chi connectivity index (χ0n) is 18.9. The number of aryl methyl sites for hydroxylation is 1. The van der Waals surface area contributed by atoms with Crippen LogP contribution in [0.1, 0.15) is 29.2 Å². The zero-order valence-corrected chi connectivity index (χ0v) is 20.4. The largest absolute Gasteiger partial charge is 0.355 e. The summed E-state index contributed by atoms with van der Waals surface area (Å²) in [4.78, 5) is 28.5. The summed E-state index contributed by atoms with van der Waals surface area (Å²) in [6.07, 6.45) is 0.597. The van der Waals surface area contributed by atoms with Gasteiger partial charge in [-0.2, -0.15) is 0 Å². The lowest BCUT2D eigenvalue weighted by molar-refractivity contribution is -0.140. The van der Waals surface area contributed by atoms with Crippen LogP contribution >= 0.6 is 23.2 Å². The predicted molar refractivity (Wildman–Crippen MR) is 135 cm³/mol. The predicted octanol–water partition coefficient (Wildman–Crippen LogP) is 5.62. The molecular weight excluding hydrogens is 455 g/mol. The minimum absolute atomic E-state index is 0.137. The molecule has 33 heavy (non-hydrogen) atoms. The van der Waals surface area contributed by atoms with Gasteiger partial charge in [0.2, 0.25) is 11.8 Å². The Bertz CT molecular complexity index is 1100. The molecule has 3 aromatic rings. The van der Waals surface area contributed by atoms with Crippen LogP contribution in [-0.2, 0) is 29.0 Å². The van der Waals surface area contributed by atoms with Gasteiger partial charge in [0, 0.05) is 29.6 Å². The molecule has 0 saturated heterocycles. The molecule has 0 radical (unpaired) electrons. The third kappa shape index (κ3) is 6.83. The molecule has 3 aromatic carbocycles. The fourth-order valence-electron chi connectivity index (χ4n) is 3.75. The van der Waals surface area contributed by atoms with Crippen molar-refractivity contribution in [2.24, 2.45) is 0 Å². The third-order valence-electron chi connectivity index (χ3n) is 5.58. The van der Waals surface area contributed by atoms with Gasteiger partial charge < -0.3 is 10.2 Å². The average Bonchev–Trinajstić information content (AvgIpc) is 2.79. The Balaban J connectivity index is 1.99. The van der Waals surface area contributed by atoms with Crippen LogP contribution in [0.15, 0.2) is 72.8 Å². The SMILES string of the molecule is CCNC(=O)[C@@H](Cc1ccccc1)N(Cc1ccc(Cl)cc1Cl)C(=O)Cc1ccccc1C. The van der Waals surface area contributed by atoms with Crippen LogP contribution in [-0.4, -0.2) is 29.3 Å². The molecule has 0 aliphatic carbocycles. The first-order valence-electron chi connectivity index (χ1n) is 11.0. The van der Waals surface area contributed by atoms with Crippen LogP contribution < -0.4 is 5.32 Å². The van der Waals surface area contributed by atoms with Crippen molar-refractivity contribution in [3.8, 4) is 0 Å². The number of nitrogens with zero attached hydrogens (tertiary/aromatic N) is 1. The quantitative estimate of drug-likeness (QED) is 0.430. The van der Waals surface area contributed by atoms with Gasteiger partial charge in [0.25, 0.3) is 0 Å². The Hall–Kier alpha value is -2.82. The minimum atomic E-state index is -0.685. The summed E-state index contributed by atoms with van der Waals surface area (Å²) < 4.78 is 0. The molecule has 3 rings (SSSR count). The molecule has 1 atom stereocenters. The van der Waals surface area contributed by atoms with E-state index in [1.807, 2.05) is 68.4 Å². The number of hydrogen-bond donors (Lipinski definition) is 1. The topological polar surface area (TPSA) is 49.4 Å². The van der Waals surface area contributed by atoms with E-state index >= 15 is 0 Å². The summed E-state index contributed by atoms with van der Waals surface area (Å²) in [6, 6.07) is 22.0. The van der Waals surface area contributed by atoms with Gasteiger partial charge in [0.15, 0.2) is 0 Å². The van der Waals surface area contributed by atoms with Crippen LogP contribution in [0.4, 0.5) is 0 Å². The number of nitrogens with one attached hydrogen (secondary N) is 1. The number of carbonyl (C=O) groups excluding carboxylic acids is 2. The molecule has 0 unspecified atom stereocenters. The van der Waals surface area contributed by atoms with Crippen LogP contribution in [0.25, 0.3) is 0 Å². The van der Waals surface area contributed by atoms with E-state index in [4.69, 9.17) is 23.2 Å². The highest BCUT2D eigenvalue weighted by Crippen LogP contribution is 2.25. The number of benzene rings is 3. The maximum atomic E-state index is 13.7. The molecular formula is C27H28Cl2N2O2. The van der Waals surface area contributed by atoms with Gasteiger partial charge >= 0.3 is 0 Å². The summed E-state index contributed by atoms with van der Waals surface area (Å²) in [6.45, 7) is 4.53. The smallest absolute Gasteiger partial charge is 0.243 e. The lowest BCUT2D eigenvalue weighted by atomic mass is 10.0. The minimum Gasteiger partial charge on any atom is -0.355 e. The van der Waals surface area contributed by atoms with Gasteiger partial charge in [-0.1, -0.05) is 83.9 Å². The molecule has 0 aliphatic heterocycles. The highest BCUT2D eigenvalue weighted by Gasteiger charge is 2.30. The number of hydrogen-bond acceptors (Lipinski definition) is 2. The molecule has 6 heteroatoms. The van der Waals surface area contributed by atoms with Gasteiger partial charge in [-0.3, -0.25) is 9.59 Å². The summed E-state index contributed by atoms with van der Waals surface area (Å²) in [5, 5.41) is 3.88. The van der Waals surface area contributed by atoms with E-state index in [1.165, 1.54) is 0 Å². The molecule has 0 aromatic heterocycles. The number of amides is 2. The summed E-state index contributed by atoms with van der Waals surface area (Å²) >= 11 is 12.5. The zero-order chi connectivity index (χ0) is 23.8. The number of likely N-dealkylation sites (N-methyl/N-ethyl adjacent to an activating group) is 1. The van der Waals surface area contributed by atoms with Crippen molar-refractivity contribution in [3.63, 3.8) is 0 Å². The second kappa shape index (κ2) is 11.9. The van der Waals surface area contributed by atoms with Gasteiger partial charge in [0.05, 0.1) is 6.42 Å². The Labute approximate surface area is 205 Å². The number of halogens is 2. The molecule has 0 saturated carbocycles. The Morgan fingerprint density at radius 3 is 2.30 bits per heavy atom. The van der Waals surface area contributed by atoms with Crippen molar-refractivity contribution in [3.05, 3.63) is 105 Å². The molecule has 0 bridgehead atoms. The molecule has 2 amide bonds. The lowest BCUT2D eigenvalue weighted by Crippen LogP contribution is -2.51. The first-order valence-corrected chi connectivity index (χ1v) is 11.7. The van der Waals surface area contributed by atoms with Crippen molar-refractivity contribution in [2.75, 3.05) is 6.54 Å². The van der Waals surface area contributed by atoms with Crippen LogP contribution in [0, 0.1) is 6.92 Å². The fraction of sp³-hybridized carbons (Fsp3) is 0.259. The van der Waals surface area contributed by atoms with Crippen LogP contribution in [0.3, 0.4) is 0 Å². The van der Waals surface area contributed by atoms with E-state index in [1.54, 1.807) is 23.1 Å². The summed E-state index contributed by atoms with van der Waals surface area (Å²) in [5.74, 6) is -0.327.